The van der Waals surface area contributed by atoms with Crippen LogP contribution in [0.3, 0.4) is 0 Å². The number of nitrogens with zero attached hydrogens (tertiary/aromatic N) is 1. The van der Waals surface area contributed by atoms with Crippen molar-refractivity contribution < 1.29 is 14.3 Å². The fourth-order valence-corrected chi connectivity index (χ4v) is 11.4. The number of nitrogens with one attached hydrogen (secondary N) is 1. The molecule has 0 aliphatic heterocycles. The maximum atomic E-state index is 14.0. The number of hydrogen-bond acceptors (Lipinski definition) is 6. The van der Waals surface area contributed by atoms with Crippen molar-refractivity contribution in [1.29, 1.82) is 0 Å². The Labute approximate surface area is 246 Å². The number of H-pyrrole nitrogens is 1. The molecule has 1 aromatic heterocycles. The van der Waals surface area contributed by atoms with E-state index < -0.39 is 16.9 Å². The minimum Gasteiger partial charge on any atom is -0.466 e. The van der Waals surface area contributed by atoms with E-state index in [-0.39, 0.29) is 39.8 Å². The van der Waals surface area contributed by atoms with Crippen LogP contribution in [0.2, 0.25) is 0 Å². The Balaban J connectivity index is 1.42. The number of hydrogen-bond donors (Lipinski definition) is 3. The molecule has 226 valence electrons. The Morgan fingerprint density at radius 3 is 2.46 bits per heavy atom. The van der Waals surface area contributed by atoms with Gasteiger partial charge >= 0.3 is 5.97 Å². The third kappa shape index (κ3) is 3.75. The van der Waals surface area contributed by atoms with E-state index >= 15 is 0 Å². The number of ether oxygens (including phenoxy) is 1. The predicted octanol–water partition coefficient (Wildman–Crippen LogP) is 6.02. The largest absolute Gasteiger partial charge is 0.466 e. The summed E-state index contributed by atoms with van der Waals surface area (Å²) < 4.78 is 5.22. The molecule has 5 aliphatic rings. The number of rotatable bonds is 4. The summed E-state index contributed by atoms with van der Waals surface area (Å²) in [4.78, 5) is 26.5. The third-order valence-corrected chi connectivity index (χ3v) is 13.6. The average Bonchev–Trinajstić information content (AvgIpc) is 3.24. The van der Waals surface area contributed by atoms with E-state index in [1.165, 1.54) is 16.8 Å². The molecule has 5 N–H and O–H groups in total. The summed E-state index contributed by atoms with van der Waals surface area (Å²) in [5, 5.41) is 7.75. The second-order valence-corrected chi connectivity index (χ2v) is 16.3. The Hall–Kier alpha value is -2.15. The first-order chi connectivity index (χ1) is 19.1. The van der Waals surface area contributed by atoms with Crippen LogP contribution in [0.15, 0.2) is 11.6 Å². The number of nitrogen functional groups attached to an aromatic ring is 1. The Bertz CT molecular complexity index is 1310. The van der Waals surface area contributed by atoms with Crippen LogP contribution in [0.4, 0.5) is 5.82 Å². The third-order valence-electron chi connectivity index (χ3n) is 13.6. The second-order valence-electron chi connectivity index (χ2n) is 16.3. The predicted molar refractivity (Wildman–Crippen MR) is 161 cm³/mol. The number of Topliss-reactive ketones (excluding diaryl/α,β-unsaturated/α-hetero) is 1. The van der Waals surface area contributed by atoms with Gasteiger partial charge in [-0.05, 0) is 104 Å². The molecule has 3 fully saturated rings. The Morgan fingerprint density at radius 2 is 1.76 bits per heavy atom. The van der Waals surface area contributed by atoms with Gasteiger partial charge in [-0.3, -0.25) is 14.7 Å². The van der Waals surface area contributed by atoms with Crippen LogP contribution in [-0.2, 0) is 26.2 Å². The van der Waals surface area contributed by atoms with Crippen molar-refractivity contribution in [2.75, 3.05) is 12.3 Å². The molecule has 41 heavy (non-hydrogen) atoms. The average molecular weight is 565 g/mol. The normalized spacial score (nSPS) is 42.0. The van der Waals surface area contributed by atoms with Gasteiger partial charge in [-0.2, -0.15) is 5.10 Å². The van der Waals surface area contributed by atoms with E-state index in [0.29, 0.717) is 24.3 Å². The molecule has 0 bridgehead atoms. The zero-order chi connectivity index (χ0) is 29.8. The first-order valence-corrected chi connectivity index (χ1v) is 16.1. The topological polar surface area (TPSA) is 124 Å². The number of nitrogens with two attached hydrogens (primary N) is 2. The Morgan fingerprint density at radius 1 is 1.05 bits per heavy atom. The van der Waals surface area contributed by atoms with Gasteiger partial charge in [0.1, 0.15) is 12.2 Å². The van der Waals surface area contributed by atoms with Crippen molar-refractivity contribution in [2.45, 2.75) is 124 Å². The molecule has 6 rings (SSSR count). The van der Waals surface area contributed by atoms with E-state index in [9.17, 15) is 9.59 Å². The highest BCUT2D eigenvalue weighted by molar-refractivity contribution is 5.99. The molecule has 0 amide bonds. The first kappa shape index (κ1) is 28.9. The molecule has 1 aromatic rings. The number of aromatic nitrogens is 2. The van der Waals surface area contributed by atoms with Gasteiger partial charge in [0.25, 0.3) is 0 Å². The van der Waals surface area contributed by atoms with Crippen LogP contribution < -0.4 is 11.5 Å². The van der Waals surface area contributed by atoms with Crippen molar-refractivity contribution in [2.24, 2.45) is 45.1 Å². The SMILES string of the molecule is CCOC(=O)CC(=O)[C@]12CCC(C)(C)CC1C1=CCC3[C@@]4(C)Cc5c(N)n[nH]c5C(C)(C)C4CC[C@@]3(C)[C@]1(N)CC2. The highest BCUT2D eigenvalue weighted by Crippen LogP contribution is 2.72. The van der Waals surface area contributed by atoms with Crippen LogP contribution in [0.25, 0.3) is 0 Å². The number of fused-ring (bicyclic) bond motifs is 8. The number of ketones is 1. The van der Waals surface area contributed by atoms with Crippen molar-refractivity contribution in [3.8, 4) is 0 Å². The van der Waals surface area contributed by atoms with E-state index in [4.69, 9.17) is 16.2 Å². The molecule has 0 aromatic carbocycles. The van der Waals surface area contributed by atoms with Crippen LogP contribution in [0.1, 0.15) is 118 Å². The lowest BCUT2D eigenvalue weighted by Crippen LogP contribution is -2.71. The number of carbonyl (C=O) groups is 2. The van der Waals surface area contributed by atoms with Gasteiger partial charge in [-0.25, -0.2) is 0 Å². The minimum absolute atomic E-state index is 0.0377. The molecule has 5 aliphatic carbocycles. The highest BCUT2D eigenvalue weighted by Gasteiger charge is 2.69. The molecular weight excluding hydrogens is 512 g/mol. The number of anilines is 1. The van der Waals surface area contributed by atoms with E-state index in [2.05, 4.69) is 57.8 Å². The first-order valence-electron chi connectivity index (χ1n) is 16.1. The molecular formula is C34H52N4O3. The second kappa shape index (κ2) is 8.93. The molecule has 0 spiro atoms. The van der Waals surface area contributed by atoms with Gasteiger partial charge < -0.3 is 16.2 Å². The Kier molecular flexibility index (Phi) is 6.31. The maximum absolute atomic E-state index is 14.0. The number of allylic oxidation sites excluding steroid dienone is 1. The zero-order valence-corrected chi connectivity index (χ0v) is 26.4. The summed E-state index contributed by atoms with van der Waals surface area (Å²) in [6, 6.07) is 0. The van der Waals surface area contributed by atoms with Gasteiger partial charge in [-0.1, -0.05) is 47.6 Å². The minimum atomic E-state index is -0.520. The molecule has 3 unspecified atom stereocenters. The number of esters is 1. The van der Waals surface area contributed by atoms with E-state index in [0.717, 1.165) is 57.8 Å². The van der Waals surface area contributed by atoms with Gasteiger partial charge in [0.05, 0.1) is 6.61 Å². The van der Waals surface area contributed by atoms with E-state index in [1.54, 1.807) is 6.92 Å². The van der Waals surface area contributed by atoms with Gasteiger partial charge in [-0.15, -0.1) is 0 Å². The summed E-state index contributed by atoms with van der Waals surface area (Å²) >= 11 is 0. The molecule has 3 saturated carbocycles. The quantitative estimate of drug-likeness (QED) is 0.233. The number of carbonyl (C=O) groups excluding carboxylic acids is 2. The standard InChI is InChI=1S/C34H52N4O3/c1-8-41-26(40)17-25(39)33-14-13-29(2,3)19-22(33)21-9-10-24-31(6)18-20-27(37-38-28(20)35)30(4,5)23(31)11-12-32(24,7)34(21,36)16-15-33/h9,22-24H,8,10-19,36H2,1-7H3,(H3,35,37,38)/t22?,23?,24?,31-,32+,33-,34-/m0/s1. The lowest BCUT2D eigenvalue weighted by molar-refractivity contribution is -0.157. The summed E-state index contributed by atoms with van der Waals surface area (Å²) in [5.74, 6) is 1.30. The molecule has 7 nitrogen and oxygen atoms in total. The van der Waals surface area contributed by atoms with E-state index in [1.807, 2.05) is 0 Å². The summed E-state index contributed by atoms with van der Waals surface area (Å²) in [6.45, 7) is 16.5. The van der Waals surface area contributed by atoms with Gasteiger partial charge in [0.2, 0.25) is 0 Å². The molecule has 1 heterocycles. The maximum Gasteiger partial charge on any atom is 0.313 e. The van der Waals surface area contributed by atoms with Crippen LogP contribution >= 0.6 is 0 Å². The van der Waals surface area contributed by atoms with Gasteiger partial charge in [0, 0.05) is 27.6 Å². The van der Waals surface area contributed by atoms with Crippen LogP contribution in [-0.4, -0.2) is 34.1 Å². The van der Waals surface area contributed by atoms with Crippen molar-refractivity contribution in [1.82, 2.24) is 10.2 Å². The van der Waals surface area contributed by atoms with Crippen LogP contribution in [0, 0.1) is 39.4 Å². The summed E-state index contributed by atoms with van der Waals surface area (Å²) in [6.07, 6.45) is 10.7. The molecule has 0 saturated heterocycles. The van der Waals surface area contributed by atoms with Gasteiger partial charge in [0.15, 0.2) is 5.78 Å². The van der Waals surface area contributed by atoms with Crippen molar-refractivity contribution in [3.05, 3.63) is 22.9 Å². The molecule has 0 radical (unpaired) electrons. The summed E-state index contributed by atoms with van der Waals surface area (Å²) in [5.41, 5.74) is 17.0. The number of aromatic amines is 1. The lowest BCUT2D eigenvalue weighted by atomic mass is 9.35. The van der Waals surface area contributed by atoms with Crippen molar-refractivity contribution >= 4 is 17.6 Å². The lowest BCUT2D eigenvalue weighted by Gasteiger charge is -2.70. The monoisotopic (exact) mass is 564 g/mol. The summed E-state index contributed by atoms with van der Waals surface area (Å²) in [7, 11) is 0. The smallest absolute Gasteiger partial charge is 0.313 e. The zero-order valence-electron chi connectivity index (χ0n) is 26.4. The molecule has 7 atom stereocenters. The van der Waals surface area contributed by atoms with Crippen molar-refractivity contribution in [3.63, 3.8) is 0 Å². The highest BCUT2D eigenvalue weighted by atomic mass is 16.5. The fourth-order valence-electron chi connectivity index (χ4n) is 11.4. The fraction of sp³-hybridized carbons (Fsp3) is 0.794. The molecule has 7 heteroatoms. The van der Waals surface area contributed by atoms with Crippen LogP contribution in [0.5, 0.6) is 0 Å².